The zero-order valence-corrected chi connectivity index (χ0v) is 15.3. The van der Waals surface area contributed by atoms with Gasteiger partial charge in [-0.05, 0) is 6.07 Å². The molecule has 3 aromatic rings. The van der Waals surface area contributed by atoms with Gasteiger partial charge in [0.2, 0.25) is 5.13 Å². The molecule has 2 heterocycles. The Bertz CT molecular complexity index is 942. The number of nitro groups is 1. The van der Waals surface area contributed by atoms with Crippen molar-refractivity contribution >= 4 is 28.4 Å². The molecule has 1 aromatic carbocycles. The number of hydrogen-bond donors (Lipinski definition) is 1. The van der Waals surface area contributed by atoms with E-state index in [2.05, 4.69) is 46.4 Å². The number of rotatable bonds is 5. The molecule has 9 nitrogen and oxygen atoms in total. The first-order valence-electron chi connectivity index (χ1n) is 7.75. The molecule has 1 N–H and O–H groups in total. The number of para-hydroxylation sites is 1. The van der Waals surface area contributed by atoms with E-state index < -0.39 is 4.92 Å². The molecule has 0 fully saturated rings. The first kappa shape index (κ1) is 17.7. The van der Waals surface area contributed by atoms with Crippen molar-refractivity contribution in [3.63, 3.8) is 0 Å². The van der Waals surface area contributed by atoms with Gasteiger partial charge < -0.3 is 0 Å². The molecule has 0 aliphatic heterocycles. The lowest BCUT2D eigenvalue weighted by molar-refractivity contribution is -0.385. The molecule has 0 bridgehead atoms. The third kappa shape index (κ3) is 3.75. The van der Waals surface area contributed by atoms with E-state index in [0.717, 1.165) is 10.7 Å². The van der Waals surface area contributed by atoms with Crippen molar-refractivity contribution in [2.75, 3.05) is 5.43 Å². The smallest absolute Gasteiger partial charge is 0.258 e. The van der Waals surface area contributed by atoms with Crippen molar-refractivity contribution < 1.29 is 4.92 Å². The highest BCUT2D eigenvalue weighted by Crippen LogP contribution is 2.34. The molecule has 0 unspecified atom stereocenters. The number of aromatic nitrogens is 4. The summed E-state index contributed by atoms with van der Waals surface area (Å²) in [6.45, 7) is 6.18. The average molecular weight is 371 g/mol. The molecule has 134 valence electrons. The van der Waals surface area contributed by atoms with Gasteiger partial charge in [0.1, 0.15) is 17.7 Å². The molecule has 3 rings (SSSR count). The van der Waals surface area contributed by atoms with E-state index in [4.69, 9.17) is 0 Å². The van der Waals surface area contributed by atoms with Gasteiger partial charge in [-0.3, -0.25) is 15.5 Å². The summed E-state index contributed by atoms with van der Waals surface area (Å²) in [6.07, 6.45) is 4.49. The van der Waals surface area contributed by atoms with Crippen molar-refractivity contribution in [3.05, 3.63) is 58.3 Å². The second kappa shape index (κ2) is 7.00. The maximum atomic E-state index is 11.0. The predicted molar refractivity (Wildman–Crippen MR) is 100 cm³/mol. The zero-order valence-electron chi connectivity index (χ0n) is 14.4. The molecule has 2 aromatic heterocycles. The van der Waals surface area contributed by atoms with Crippen molar-refractivity contribution in [2.45, 2.75) is 26.2 Å². The number of hydrogen-bond acceptors (Lipinski definition) is 8. The molecule has 0 atom stereocenters. The van der Waals surface area contributed by atoms with Gasteiger partial charge >= 0.3 is 0 Å². The average Bonchev–Trinajstić information content (AvgIpc) is 3.24. The summed E-state index contributed by atoms with van der Waals surface area (Å²) in [5, 5.41) is 20.7. The standard InChI is InChI=1S/C16H17N7O2S/c1-16(2,3)13-14(22-10-17-9-19-22)26-15(20-13)21-18-8-11-6-4-5-7-12(11)23(24)25/h4-10H,1-3H3,(H,20,21)/b18-8+. The molecule has 0 saturated heterocycles. The minimum atomic E-state index is -0.439. The Labute approximate surface area is 153 Å². The normalized spacial score (nSPS) is 11.8. The molecule has 0 radical (unpaired) electrons. The molecule has 0 aliphatic rings. The Hall–Kier alpha value is -3.14. The maximum Gasteiger partial charge on any atom is 0.278 e. The van der Waals surface area contributed by atoms with Gasteiger partial charge in [-0.1, -0.05) is 44.2 Å². The minimum absolute atomic E-state index is 0.00382. The van der Waals surface area contributed by atoms with E-state index in [9.17, 15) is 10.1 Å². The first-order valence-corrected chi connectivity index (χ1v) is 8.56. The largest absolute Gasteiger partial charge is 0.278 e. The zero-order chi connectivity index (χ0) is 18.7. The molecule has 0 saturated carbocycles. The van der Waals surface area contributed by atoms with Crippen molar-refractivity contribution in [2.24, 2.45) is 5.10 Å². The minimum Gasteiger partial charge on any atom is -0.258 e. The van der Waals surface area contributed by atoms with Crippen LogP contribution in [0.3, 0.4) is 0 Å². The number of anilines is 1. The first-order chi connectivity index (χ1) is 12.4. The summed E-state index contributed by atoms with van der Waals surface area (Å²) in [6, 6.07) is 6.40. The van der Waals surface area contributed by atoms with Gasteiger partial charge in [-0.15, -0.1) is 0 Å². The Morgan fingerprint density at radius 1 is 1.35 bits per heavy atom. The third-order valence-electron chi connectivity index (χ3n) is 3.44. The molecular weight excluding hydrogens is 354 g/mol. The van der Waals surface area contributed by atoms with Gasteiger partial charge in [0, 0.05) is 11.5 Å². The molecule has 10 heteroatoms. The van der Waals surface area contributed by atoms with Crippen LogP contribution in [0.15, 0.2) is 42.0 Å². The van der Waals surface area contributed by atoms with Crippen LogP contribution >= 0.6 is 11.3 Å². The number of nitrogens with zero attached hydrogens (tertiary/aromatic N) is 6. The van der Waals surface area contributed by atoms with Crippen LogP contribution < -0.4 is 5.43 Å². The highest BCUT2D eigenvalue weighted by molar-refractivity contribution is 7.18. The van der Waals surface area contributed by atoms with Gasteiger partial charge in [-0.25, -0.2) is 14.6 Å². The van der Waals surface area contributed by atoms with E-state index in [0.29, 0.717) is 10.7 Å². The quantitative estimate of drug-likeness (QED) is 0.418. The van der Waals surface area contributed by atoms with Crippen LogP contribution in [0, 0.1) is 10.1 Å². The maximum absolute atomic E-state index is 11.0. The fraction of sp³-hybridized carbons (Fsp3) is 0.250. The number of thiazole rings is 1. The topological polar surface area (TPSA) is 111 Å². The second-order valence-corrected chi connectivity index (χ2v) is 7.43. The fourth-order valence-corrected chi connectivity index (χ4v) is 3.29. The molecule has 0 aliphatic carbocycles. The number of hydrazone groups is 1. The lowest BCUT2D eigenvalue weighted by atomic mass is 9.92. The van der Waals surface area contributed by atoms with E-state index in [1.165, 1.54) is 29.9 Å². The van der Waals surface area contributed by atoms with Gasteiger partial charge in [-0.2, -0.15) is 10.2 Å². The van der Waals surface area contributed by atoms with Crippen molar-refractivity contribution in [1.29, 1.82) is 0 Å². The second-order valence-electron chi connectivity index (χ2n) is 6.45. The number of benzene rings is 1. The summed E-state index contributed by atoms with van der Waals surface area (Å²) < 4.78 is 1.66. The van der Waals surface area contributed by atoms with Crippen LogP contribution in [0.2, 0.25) is 0 Å². The highest BCUT2D eigenvalue weighted by atomic mass is 32.1. The van der Waals surface area contributed by atoms with Crippen LogP contribution in [-0.4, -0.2) is 30.9 Å². The van der Waals surface area contributed by atoms with Gasteiger partial charge in [0.05, 0.1) is 22.4 Å². The highest BCUT2D eigenvalue weighted by Gasteiger charge is 2.25. The third-order valence-corrected chi connectivity index (χ3v) is 4.39. The molecular formula is C16H17N7O2S. The summed E-state index contributed by atoms with van der Waals surface area (Å²) in [5.41, 5.74) is 3.92. The Morgan fingerprint density at radius 3 is 2.77 bits per heavy atom. The Balaban J connectivity index is 1.87. The lowest BCUT2D eigenvalue weighted by Crippen LogP contribution is -2.15. The van der Waals surface area contributed by atoms with Crippen LogP contribution in [0.4, 0.5) is 10.8 Å². The Kier molecular flexibility index (Phi) is 4.76. The lowest BCUT2D eigenvalue weighted by Gasteiger charge is -2.16. The molecule has 26 heavy (non-hydrogen) atoms. The Morgan fingerprint density at radius 2 is 2.12 bits per heavy atom. The molecule has 0 amide bonds. The SMILES string of the molecule is CC(C)(C)c1nc(N/N=C/c2ccccc2[N+](=O)[O-])sc1-n1cncn1. The summed E-state index contributed by atoms with van der Waals surface area (Å²) in [4.78, 5) is 19.2. The van der Waals surface area contributed by atoms with Crippen LogP contribution in [0.25, 0.3) is 5.00 Å². The van der Waals surface area contributed by atoms with Crippen molar-refractivity contribution in [1.82, 2.24) is 19.7 Å². The summed E-state index contributed by atoms with van der Waals surface area (Å²) in [7, 11) is 0. The van der Waals surface area contributed by atoms with E-state index in [1.807, 2.05) is 0 Å². The fourth-order valence-electron chi connectivity index (χ4n) is 2.24. The molecule has 0 spiro atoms. The van der Waals surface area contributed by atoms with Crippen LogP contribution in [-0.2, 0) is 5.41 Å². The van der Waals surface area contributed by atoms with Gasteiger partial charge in [0.15, 0.2) is 0 Å². The summed E-state index contributed by atoms with van der Waals surface area (Å²) >= 11 is 1.38. The predicted octanol–water partition coefficient (Wildman–Crippen LogP) is 3.38. The number of nitro benzene ring substituents is 1. The van der Waals surface area contributed by atoms with E-state index >= 15 is 0 Å². The number of nitrogens with one attached hydrogen (secondary N) is 1. The van der Waals surface area contributed by atoms with Gasteiger partial charge in [0.25, 0.3) is 5.69 Å². The van der Waals surface area contributed by atoms with Crippen molar-refractivity contribution in [3.8, 4) is 5.00 Å². The van der Waals surface area contributed by atoms with Crippen LogP contribution in [0.5, 0.6) is 0 Å². The van der Waals surface area contributed by atoms with E-state index in [-0.39, 0.29) is 11.1 Å². The summed E-state index contributed by atoms with van der Waals surface area (Å²) in [5.74, 6) is 0. The van der Waals surface area contributed by atoms with E-state index in [1.54, 1.807) is 29.2 Å². The van der Waals surface area contributed by atoms with Crippen LogP contribution in [0.1, 0.15) is 32.0 Å². The monoisotopic (exact) mass is 371 g/mol.